The molecule has 8 nitrogen and oxygen atoms in total. The minimum absolute atomic E-state index is 0.228. The van der Waals surface area contributed by atoms with Gasteiger partial charge in [0.1, 0.15) is 17.6 Å². The molecule has 3 heterocycles. The van der Waals surface area contributed by atoms with E-state index >= 15 is 0 Å². The number of esters is 1. The first-order valence-corrected chi connectivity index (χ1v) is 15.1. The van der Waals surface area contributed by atoms with E-state index < -0.39 is 41.1 Å². The number of allylic oxidation sites excluding steroid dienone is 1. The zero-order chi connectivity index (χ0) is 29.6. The number of hydrogen-bond acceptors (Lipinski definition) is 6. The molecule has 3 fully saturated rings. The summed E-state index contributed by atoms with van der Waals surface area (Å²) >= 11 is 0. The van der Waals surface area contributed by atoms with Crippen molar-refractivity contribution in [2.75, 3.05) is 26.3 Å². The van der Waals surface area contributed by atoms with E-state index in [1.54, 1.807) is 11.0 Å². The lowest BCUT2D eigenvalue weighted by Gasteiger charge is -2.39. The second kappa shape index (κ2) is 13.3. The van der Waals surface area contributed by atoms with Crippen molar-refractivity contribution in [1.29, 1.82) is 0 Å². The SMILES string of the molecule is C=CCCCCOC(=O)[C@@H]1[C@H]2C(=O)N([C@H](CO)c3ccccc3)C(C(=O)N(CC=C)CCCCC)C23CC[C@@]1(C)O3. The summed E-state index contributed by atoms with van der Waals surface area (Å²) in [5, 5.41) is 10.6. The lowest BCUT2D eigenvalue weighted by Crippen LogP contribution is -2.57. The molecule has 8 heteroatoms. The molecule has 1 spiro atoms. The van der Waals surface area contributed by atoms with Gasteiger partial charge in [0.05, 0.1) is 30.8 Å². The van der Waals surface area contributed by atoms with Gasteiger partial charge in [-0.2, -0.15) is 0 Å². The Morgan fingerprint density at radius 2 is 1.93 bits per heavy atom. The first-order chi connectivity index (χ1) is 19.8. The van der Waals surface area contributed by atoms with E-state index in [1.165, 1.54) is 4.90 Å². The maximum absolute atomic E-state index is 14.5. The average Bonchev–Trinajstić information content (AvgIpc) is 3.54. The lowest BCUT2D eigenvalue weighted by atomic mass is 9.66. The molecule has 2 unspecified atom stereocenters. The molecule has 3 aliphatic rings. The van der Waals surface area contributed by atoms with E-state index in [0.717, 1.165) is 37.7 Å². The highest BCUT2D eigenvalue weighted by Gasteiger charge is 2.79. The highest BCUT2D eigenvalue weighted by atomic mass is 16.6. The van der Waals surface area contributed by atoms with Gasteiger partial charge in [-0.3, -0.25) is 14.4 Å². The van der Waals surface area contributed by atoms with Crippen LogP contribution in [-0.2, 0) is 23.9 Å². The fourth-order valence-electron chi connectivity index (χ4n) is 7.19. The van der Waals surface area contributed by atoms with Gasteiger partial charge in [0.2, 0.25) is 11.8 Å². The molecule has 224 valence electrons. The summed E-state index contributed by atoms with van der Waals surface area (Å²) < 4.78 is 12.5. The van der Waals surface area contributed by atoms with Crippen LogP contribution in [0.3, 0.4) is 0 Å². The van der Waals surface area contributed by atoms with Crippen LogP contribution in [-0.4, -0.2) is 76.2 Å². The molecule has 0 radical (unpaired) electrons. The van der Waals surface area contributed by atoms with Gasteiger partial charge < -0.3 is 24.4 Å². The minimum Gasteiger partial charge on any atom is -0.465 e. The third kappa shape index (κ3) is 5.73. The Labute approximate surface area is 244 Å². The van der Waals surface area contributed by atoms with Crippen molar-refractivity contribution < 1.29 is 29.0 Å². The van der Waals surface area contributed by atoms with Crippen molar-refractivity contribution in [1.82, 2.24) is 9.80 Å². The van der Waals surface area contributed by atoms with Crippen LogP contribution >= 0.6 is 0 Å². The molecular formula is C33H46N2O6. The molecule has 4 rings (SSSR count). The van der Waals surface area contributed by atoms with Crippen LogP contribution in [0.25, 0.3) is 0 Å². The summed E-state index contributed by atoms with van der Waals surface area (Å²) in [5.41, 5.74) is -1.36. The summed E-state index contributed by atoms with van der Waals surface area (Å²) in [7, 11) is 0. The van der Waals surface area contributed by atoms with Gasteiger partial charge in [-0.25, -0.2) is 0 Å². The number of ether oxygens (including phenoxy) is 2. The van der Waals surface area contributed by atoms with Gasteiger partial charge in [0.15, 0.2) is 0 Å². The summed E-state index contributed by atoms with van der Waals surface area (Å²) in [6, 6.07) is 7.51. The number of aliphatic hydroxyl groups is 1. The zero-order valence-electron chi connectivity index (χ0n) is 24.6. The van der Waals surface area contributed by atoms with Gasteiger partial charge in [-0.1, -0.05) is 62.2 Å². The van der Waals surface area contributed by atoms with Gasteiger partial charge >= 0.3 is 5.97 Å². The zero-order valence-corrected chi connectivity index (χ0v) is 24.6. The third-order valence-electron chi connectivity index (χ3n) is 9.14. The molecule has 1 N–H and O–H groups in total. The number of benzene rings is 1. The van der Waals surface area contributed by atoms with E-state index in [2.05, 4.69) is 20.1 Å². The number of carbonyl (C=O) groups is 3. The minimum atomic E-state index is -1.18. The smallest absolute Gasteiger partial charge is 0.312 e. The maximum Gasteiger partial charge on any atom is 0.312 e. The Bertz CT molecular complexity index is 1110. The largest absolute Gasteiger partial charge is 0.465 e. The van der Waals surface area contributed by atoms with E-state index in [0.29, 0.717) is 32.4 Å². The Morgan fingerprint density at radius 1 is 1.17 bits per heavy atom. The lowest BCUT2D eigenvalue weighted by molar-refractivity contribution is -0.162. The summed E-state index contributed by atoms with van der Waals surface area (Å²) in [6.45, 7) is 12.3. The van der Waals surface area contributed by atoms with Crippen molar-refractivity contribution >= 4 is 17.8 Å². The Hall–Kier alpha value is -2.97. The maximum atomic E-state index is 14.5. The summed E-state index contributed by atoms with van der Waals surface area (Å²) in [5.74, 6) is -2.71. The number of likely N-dealkylation sites (tertiary alicyclic amines) is 1. The number of nitrogens with zero attached hydrogens (tertiary/aromatic N) is 2. The number of aliphatic hydroxyl groups excluding tert-OH is 1. The predicted octanol–water partition coefficient (Wildman–Crippen LogP) is 4.59. The van der Waals surface area contributed by atoms with E-state index in [9.17, 15) is 19.5 Å². The monoisotopic (exact) mass is 566 g/mol. The number of amides is 2. The van der Waals surface area contributed by atoms with Crippen LogP contribution in [0.15, 0.2) is 55.6 Å². The van der Waals surface area contributed by atoms with E-state index in [4.69, 9.17) is 9.47 Å². The summed E-state index contributed by atoms with van der Waals surface area (Å²) in [4.78, 5) is 45.9. The van der Waals surface area contributed by atoms with E-state index in [1.807, 2.05) is 43.3 Å². The molecule has 1 aromatic carbocycles. The van der Waals surface area contributed by atoms with Crippen LogP contribution in [0, 0.1) is 11.8 Å². The molecule has 6 atom stereocenters. The van der Waals surface area contributed by atoms with Crippen LogP contribution < -0.4 is 0 Å². The number of rotatable bonds is 16. The van der Waals surface area contributed by atoms with E-state index in [-0.39, 0.29) is 25.0 Å². The molecule has 0 saturated carbocycles. The fraction of sp³-hybridized carbons (Fsp3) is 0.606. The van der Waals surface area contributed by atoms with Gasteiger partial charge in [0.25, 0.3) is 0 Å². The fourth-order valence-corrected chi connectivity index (χ4v) is 7.19. The standard InChI is InChI=1S/C33H46N2O6/c1-5-8-10-15-22-40-31(39)27-26-29(37)35(25(23-36)24-16-12-11-13-17-24)28(33(26)19-18-32(27,4)41-33)30(38)34(20-7-3)21-14-9-6-2/h5,7,11-13,16-17,25-28,36H,1,3,6,8-10,14-15,18-23H2,2,4H3/t25-,26+,27+,28?,32-,33?/m1/s1. The Kier molecular flexibility index (Phi) is 10.1. The first kappa shape index (κ1) is 31.0. The van der Waals surface area contributed by atoms with Crippen molar-refractivity contribution in [3.05, 3.63) is 61.2 Å². The second-order valence-electron chi connectivity index (χ2n) is 11.8. The van der Waals surface area contributed by atoms with Crippen molar-refractivity contribution in [2.24, 2.45) is 11.8 Å². The van der Waals surface area contributed by atoms with Crippen molar-refractivity contribution in [3.8, 4) is 0 Å². The second-order valence-corrected chi connectivity index (χ2v) is 11.8. The molecule has 3 saturated heterocycles. The molecular weight excluding hydrogens is 520 g/mol. The third-order valence-corrected chi connectivity index (χ3v) is 9.14. The number of carbonyl (C=O) groups excluding carboxylic acids is 3. The van der Waals surface area contributed by atoms with Gasteiger partial charge in [0, 0.05) is 13.1 Å². The molecule has 2 bridgehead atoms. The number of unbranched alkanes of at least 4 members (excludes halogenated alkanes) is 4. The normalized spacial score (nSPS) is 28.8. The molecule has 1 aromatic rings. The summed E-state index contributed by atoms with van der Waals surface area (Å²) in [6.07, 6.45) is 9.75. The van der Waals surface area contributed by atoms with Crippen molar-refractivity contribution in [2.45, 2.75) is 88.5 Å². The average molecular weight is 567 g/mol. The van der Waals surface area contributed by atoms with Crippen LogP contribution in [0.2, 0.25) is 0 Å². The van der Waals surface area contributed by atoms with Crippen LogP contribution in [0.1, 0.15) is 76.8 Å². The van der Waals surface area contributed by atoms with Crippen LogP contribution in [0.4, 0.5) is 0 Å². The Morgan fingerprint density at radius 3 is 2.59 bits per heavy atom. The van der Waals surface area contributed by atoms with Crippen molar-refractivity contribution in [3.63, 3.8) is 0 Å². The highest BCUT2D eigenvalue weighted by molar-refractivity contribution is 5.98. The molecule has 41 heavy (non-hydrogen) atoms. The quantitative estimate of drug-likeness (QED) is 0.179. The highest BCUT2D eigenvalue weighted by Crippen LogP contribution is 2.64. The van der Waals surface area contributed by atoms with Crippen LogP contribution in [0.5, 0.6) is 0 Å². The predicted molar refractivity (Wildman–Crippen MR) is 157 cm³/mol. The Balaban J connectivity index is 1.73. The van der Waals surface area contributed by atoms with Gasteiger partial charge in [-0.15, -0.1) is 13.2 Å². The first-order valence-electron chi connectivity index (χ1n) is 15.1. The molecule has 0 aromatic heterocycles. The number of hydrogen-bond donors (Lipinski definition) is 1. The molecule has 3 aliphatic heterocycles. The van der Waals surface area contributed by atoms with Gasteiger partial charge in [-0.05, 0) is 51.0 Å². The molecule has 0 aliphatic carbocycles. The number of fused-ring (bicyclic) bond motifs is 1. The molecule has 2 amide bonds. The topological polar surface area (TPSA) is 96.4 Å².